The Hall–Kier alpha value is -2.18. The van der Waals surface area contributed by atoms with Crippen LogP contribution in [-0.2, 0) is 15.1 Å². The minimum Gasteiger partial charge on any atom is -0.368 e. The van der Waals surface area contributed by atoms with Crippen molar-refractivity contribution in [2.24, 2.45) is 0 Å². The summed E-state index contributed by atoms with van der Waals surface area (Å²) >= 11 is 3.42. The lowest BCUT2D eigenvalue weighted by atomic mass is 9.94. The number of ether oxygens (including phenoxy) is 1. The van der Waals surface area contributed by atoms with Crippen LogP contribution in [0, 0.1) is 0 Å². The van der Waals surface area contributed by atoms with Crippen molar-refractivity contribution in [3.63, 3.8) is 0 Å². The molecule has 0 aromatic heterocycles. The molecule has 0 radical (unpaired) electrons. The number of hydrogen-bond acceptors (Lipinski definition) is 3. The van der Waals surface area contributed by atoms with Crippen LogP contribution in [0.25, 0.3) is 0 Å². The van der Waals surface area contributed by atoms with Gasteiger partial charge >= 0.3 is 0 Å². The highest BCUT2D eigenvalue weighted by Gasteiger charge is 2.25. The number of benzene rings is 2. The summed E-state index contributed by atoms with van der Waals surface area (Å²) in [5.41, 5.74) is 1.55. The van der Waals surface area contributed by atoms with Gasteiger partial charge in [0.2, 0.25) is 0 Å². The third-order valence-electron chi connectivity index (χ3n) is 4.61. The van der Waals surface area contributed by atoms with E-state index in [0.717, 1.165) is 22.9 Å². The van der Waals surface area contributed by atoms with Crippen LogP contribution in [0.2, 0.25) is 0 Å². The molecule has 2 aromatic carbocycles. The summed E-state index contributed by atoms with van der Waals surface area (Å²) in [6.45, 7) is 4.53. The van der Waals surface area contributed by atoms with Crippen LogP contribution >= 0.6 is 15.9 Å². The summed E-state index contributed by atoms with van der Waals surface area (Å²) in [6.07, 6.45) is 1.22. The van der Waals surface area contributed by atoms with E-state index >= 15 is 0 Å². The summed E-state index contributed by atoms with van der Waals surface area (Å²) in [6, 6.07) is 14.8. The van der Waals surface area contributed by atoms with Crippen LogP contribution in [0.5, 0.6) is 0 Å². The maximum absolute atomic E-state index is 12.7. The van der Waals surface area contributed by atoms with E-state index in [0.29, 0.717) is 17.9 Å². The Labute approximate surface area is 167 Å². The van der Waals surface area contributed by atoms with Crippen LogP contribution in [0.15, 0.2) is 53.0 Å². The smallest absolute Gasteiger partial charge is 0.253 e. The van der Waals surface area contributed by atoms with Gasteiger partial charge in [0.1, 0.15) is 6.10 Å². The highest BCUT2D eigenvalue weighted by atomic mass is 79.9. The number of nitrogens with one attached hydrogen (secondary N) is 2. The van der Waals surface area contributed by atoms with Gasteiger partial charge in [-0.2, -0.15) is 0 Å². The summed E-state index contributed by atoms with van der Waals surface area (Å²) in [5, 5.41) is 5.88. The van der Waals surface area contributed by atoms with Gasteiger partial charge in [0.15, 0.2) is 0 Å². The Morgan fingerprint density at radius 3 is 2.56 bits per heavy atom. The first-order valence-electron chi connectivity index (χ1n) is 8.96. The monoisotopic (exact) mass is 430 g/mol. The molecule has 27 heavy (non-hydrogen) atoms. The average Bonchev–Trinajstić information content (AvgIpc) is 3.17. The van der Waals surface area contributed by atoms with E-state index in [1.165, 1.54) is 0 Å². The fourth-order valence-corrected chi connectivity index (χ4v) is 3.30. The highest BCUT2D eigenvalue weighted by molar-refractivity contribution is 9.10. The lowest BCUT2D eigenvalue weighted by molar-refractivity contribution is -0.124. The molecule has 1 fully saturated rings. The van der Waals surface area contributed by atoms with Crippen molar-refractivity contribution in [3.8, 4) is 0 Å². The molecule has 142 valence electrons. The standard InChI is InChI=1S/C21H23BrN2O3/c1-21(2,15-8-10-16(22)11-9-15)24-19(25)14-5-3-6-17(13-14)23-20(26)18-7-4-12-27-18/h3,5-6,8-11,13,18H,4,7,12H2,1-2H3,(H,23,26)(H,24,25)/t18-/m1/s1. The number of hydrogen-bond donors (Lipinski definition) is 2. The predicted octanol–water partition coefficient (Wildman–Crippen LogP) is 4.23. The lowest BCUT2D eigenvalue weighted by Crippen LogP contribution is -2.41. The van der Waals surface area contributed by atoms with E-state index in [-0.39, 0.29) is 11.8 Å². The maximum atomic E-state index is 12.7. The second kappa shape index (κ2) is 8.23. The van der Waals surface area contributed by atoms with Gasteiger partial charge in [-0.05, 0) is 62.6 Å². The summed E-state index contributed by atoms with van der Waals surface area (Å²) in [4.78, 5) is 24.9. The van der Waals surface area contributed by atoms with E-state index in [4.69, 9.17) is 4.74 Å². The molecular formula is C21H23BrN2O3. The molecule has 1 aliphatic heterocycles. The molecule has 0 bridgehead atoms. The Balaban J connectivity index is 1.69. The van der Waals surface area contributed by atoms with E-state index in [1.54, 1.807) is 24.3 Å². The molecule has 5 nitrogen and oxygen atoms in total. The second-order valence-corrected chi connectivity index (χ2v) is 8.07. The third-order valence-corrected chi connectivity index (χ3v) is 5.14. The number of carbonyl (C=O) groups excluding carboxylic acids is 2. The number of rotatable bonds is 5. The molecule has 1 aliphatic rings. The Morgan fingerprint density at radius 1 is 1.15 bits per heavy atom. The average molecular weight is 431 g/mol. The van der Waals surface area contributed by atoms with Gasteiger partial charge in [0, 0.05) is 22.3 Å². The van der Waals surface area contributed by atoms with Gasteiger partial charge in [0.05, 0.1) is 5.54 Å². The maximum Gasteiger partial charge on any atom is 0.253 e. The summed E-state index contributed by atoms with van der Waals surface area (Å²) < 4.78 is 6.38. The topological polar surface area (TPSA) is 67.4 Å². The fraction of sp³-hybridized carbons (Fsp3) is 0.333. The fourth-order valence-electron chi connectivity index (χ4n) is 3.04. The van der Waals surface area contributed by atoms with Gasteiger partial charge in [0.25, 0.3) is 11.8 Å². The van der Waals surface area contributed by atoms with Crippen LogP contribution in [0.4, 0.5) is 5.69 Å². The molecular weight excluding hydrogens is 408 g/mol. The Morgan fingerprint density at radius 2 is 1.89 bits per heavy atom. The van der Waals surface area contributed by atoms with Crippen molar-refractivity contribution < 1.29 is 14.3 Å². The van der Waals surface area contributed by atoms with Gasteiger partial charge in [-0.1, -0.05) is 34.1 Å². The first-order chi connectivity index (χ1) is 12.8. The van der Waals surface area contributed by atoms with Crippen molar-refractivity contribution in [3.05, 3.63) is 64.1 Å². The van der Waals surface area contributed by atoms with E-state index < -0.39 is 11.6 Å². The zero-order chi connectivity index (χ0) is 19.4. The highest BCUT2D eigenvalue weighted by Crippen LogP contribution is 2.23. The summed E-state index contributed by atoms with van der Waals surface area (Å²) in [5.74, 6) is -0.364. The molecule has 1 atom stereocenters. The van der Waals surface area contributed by atoms with Crippen molar-refractivity contribution in [2.45, 2.75) is 38.3 Å². The number of halogens is 1. The Kier molecular flexibility index (Phi) is 5.97. The predicted molar refractivity (Wildman–Crippen MR) is 109 cm³/mol. The molecule has 0 spiro atoms. The third kappa shape index (κ3) is 4.96. The molecule has 3 rings (SSSR count). The van der Waals surface area contributed by atoms with E-state index in [2.05, 4.69) is 26.6 Å². The largest absolute Gasteiger partial charge is 0.368 e. The normalized spacial score (nSPS) is 16.8. The minimum absolute atomic E-state index is 0.166. The van der Waals surface area contributed by atoms with Crippen molar-refractivity contribution in [2.75, 3.05) is 11.9 Å². The van der Waals surface area contributed by atoms with Crippen molar-refractivity contribution >= 4 is 33.4 Å². The van der Waals surface area contributed by atoms with Crippen molar-refractivity contribution in [1.82, 2.24) is 5.32 Å². The molecule has 0 aliphatic carbocycles. The molecule has 2 aromatic rings. The SMILES string of the molecule is CC(C)(NC(=O)c1cccc(NC(=O)[C@H]2CCCO2)c1)c1ccc(Br)cc1. The van der Waals surface area contributed by atoms with Gasteiger partial charge in [-0.15, -0.1) is 0 Å². The summed E-state index contributed by atoms with van der Waals surface area (Å²) in [7, 11) is 0. The molecule has 0 unspecified atom stereocenters. The molecule has 2 N–H and O–H groups in total. The number of amides is 2. The zero-order valence-electron chi connectivity index (χ0n) is 15.4. The first-order valence-corrected chi connectivity index (χ1v) is 9.75. The van der Waals surface area contributed by atoms with Gasteiger partial charge in [-0.3, -0.25) is 9.59 Å². The van der Waals surface area contributed by atoms with Crippen molar-refractivity contribution in [1.29, 1.82) is 0 Å². The minimum atomic E-state index is -0.533. The van der Waals surface area contributed by atoms with Crippen LogP contribution in [-0.4, -0.2) is 24.5 Å². The van der Waals surface area contributed by atoms with E-state index in [9.17, 15) is 9.59 Å². The van der Waals surface area contributed by atoms with Gasteiger partial charge < -0.3 is 15.4 Å². The molecule has 2 amide bonds. The lowest BCUT2D eigenvalue weighted by Gasteiger charge is -2.27. The molecule has 1 heterocycles. The van der Waals surface area contributed by atoms with Crippen LogP contribution in [0.1, 0.15) is 42.6 Å². The Bertz CT molecular complexity index is 828. The molecule has 6 heteroatoms. The second-order valence-electron chi connectivity index (χ2n) is 7.16. The first kappa shape index (κ1) is 19.6. The van der Waals surface area contributed by atoms with Gasteiger partial charge in [-0.25, -0.2) is 0 Å². The van der Waals surface area contributed by atoms with Crippen LogP contribution in [0.3, 0.4) is 0 Å². The molecule has 1 saturated heterocycles. The number of anilines is 1. The number of carbonyl (C=O) groups is 2. The molecule has 0 saturated carbocycles. The zero-order valence-corrected chi connectivity index (χ0v) is 17.0. The van der Waals surface area contributed by atoms with E-state index in [1.807, 2.05) is 38.1 Å². The quantitative estimate of drug-likeness (QED) is 0.745. The van der Waals surface area contributed by atoms with Crippen LogP contribution < -0.4 is 10.6 Å².